The minimum atomic E-state index is -0.0696. The number of hydrogen-bond acceptors (Lipinski definition) is 7. The lowest BCUT2D eigenvalue weighted by Crippen LogP contribution is -1.97. The maximum atomic E-state index is 10.8. The van der Waals surface area contributed by atoms with Crippen LogP contribution in [-0.2, 0) is 7.05 Å². The zero-order chi connectivity index (χ0) is 17.6. The van der Waals surface area contributed by atoms with Gasteiger partial charge in [-0.1, -0.05) is 6.07 Å². The second-order valence-corrected chi connectivity index (χ2v) is 6.76. The Kier molecular flexibility index (Phi) is 3.54. The van der Waals surface area contributed by atoms with Crippen LogP contribution in [-0.4, -0.2) is 35.9 Å². The zero-order valence-corrected chi connectivity index (χ0v) is 14.3. The van der Waals surface area contributed by atoms with Crippen LogP contribution in [0.2, 0.25) is 0 Å². The molecule has 4 aromatic rings. The molecular weight excluding hydrogens is 338 g/mol. The van der Waals surface area contributed by atoms with E-state index in [0.717, 1.165) is 16.0 Å². The maximum Gasteiger partial charge on any atom is 0.233 e. The highest BCUT2D eigenvalue weighted by Gasteiger charge is 2.19. The van der Waals surface area contributed by atoms with Gasteiger partial charge >= 0.3 is 0 Å². The molecule has 4 aromatic heterocycles. The number of rotatable bonds is 3. The van der Waals surface area contributed by atoms with Crippen molar-refractivity contribution in [3.63, 3.8) is 0 Å². The molecule has 4 rings (SSSR count). The van der Waals surface area contributed by atoms with Gasteiger partial charge in [0.15, 0.2) is 17.9 Å². The summed E-state index contributed by atoms with van der Waals surface area (Å²) >= 11 is 1.42. The van der Waals surface area contributed by atoms with Crippen molar-refractivity contribution in [1.82, 2.24) is 24.5 Å². The number of imidazole rings is 1. The molecule has 0 atom stereocenters. The van der Waals surface area contributed by atoms with E-state index < -0.39 is 0 Å². The molecule has 0 aliphatic carbocycles. The highest BCUT2D eigenvalue weighted by Crippen LogP contribution is 2.41. The molecule has 0 saturated carbocycles. The summed E-state index contributed by atoms with van der Waals surface area (Å²) in [5, 5.41) is 10.4. The van der Waals surface area contributed by atoms with Crippen molar-refractivity contribution in [2.75, 3.05) is 0 Å². The van der Waals surface area contributed by atoms with Gasteiger partial charge in [0.25, 0.3) is 0 Å². The summed E-state index contributed by atoms with van der Waals surface area (Å²) in [5.41, 5.74) is 2.72. The number of aldehydes is 1. The van der Waals surface area contributed by atoms with Crippen LogP contribution in [0, 0.1) is 6.92 Å². The second kappa shape index (κ2) is 5.75. The number of aromatic hydroxyl groups is 1. The van der Waals surface area contributed by atoms with Crippen molar-refractivity contribution in [2.45, 2.75) is 6.92 Å². The van der Waals surface area contributed by atoms with Crippen LogP contribution in [0.15, 0.2) is 30.7 Å². The third-order valence-electron chi connectivity index (χ3n) is 3.91. The van der Waals surface area contributed by atoms with Gasteiger partial charge < -0.3 is 9.67 Å². The van der Waals surface area contributed by atoms with E-state index in [0.29, 0.717) is 33.8 Å². The van der Waals surface area contributed by atoms with Gasteiger partial charge in [-0.05, 0) is 13.0 Å². The van der Waals surface area contributed by atoms with Crippen molar-refractivity contribution >= 4 is 27.8 Å². The Bertz CT molecular complexity index is 1100. The van der Waals surface area contributed by atoms with Gasteiger partial charge in [-0.3, -0.25) is 9.78 Å². The average Bonchev–Trinajstić information content (AvgIpc) is 3.18. The number of thiophene rings is 1. The molecule has 0 spiro atoms. The van der Waals surface area contributed by atoms with E-state index in [9.17, 15) is 9.90 Å². The minimum Gasteiger partial charge on any atom is -0.492 e. The lowest BCUT2D eigenvalue weighted by molar-refractivity contribution is 0.111. The van der Waals surface area contributed by atoms with E-state index in [1.54, 1.807) is 29.2 Å². The number of carbonyl (C=O) groups is 1. The molecule has 0 aliphatic heterocycles. The molecule has 0 saturated heterocycles. The highest BCUT2D eigenvalue weighted by molar-refractivity contribution is 7.20. The van der Waals surface area contributed by atoms with E-state index in [2.05, 4.69) is 19.9 Å². The summed E-state index contributed by atoms with van der Waals surface area (Å²) in [6.07, 6.45) is 5.79. The van der Waals surface area contributed by atoms with Crippen molar-refractivity contribution in [1.29, 1.82) is 0 Å². The Balaban J connectivity index is 1.97. The van der Waals surface area contributed by atoms with Crippen LogP contribution in [0.4, 0.5) is 0 Å². The third kappa shape index (κ3) is 2.47. The van der Waals surface area contributed by atoms with E-state index in [1.165, 1.54) is 11.3 Å². The number of pyridine rings is 1. The van der Waals surface area contributed by atoms with Crippen LogP contribution in [0.1, 0.15) is 15.4 Å². The largest absolute Gasteiger partial charge is 0.492 e. The first-order valence-corrected chi connectivity index (χ1v) is 8.29. The summed E-state index contributed by atoms with van der Waals surface area (Å²) in [7, 11) is 1.84. The first kappa shape index (κ1) is 15.4. The second-order valence-electron chi connectivity index (χ2n) is 5.53. The highest BCUT2D eigenvalue weighted by atomic mass is 32.1. The van der Waals surface area contributed by atoms with Gasteiger partial charge in [0.1, 0.15) is 10.4 Å². The number of aromatic nitrogens is 5. The van der Waals surface area contributed by atoms with E-state index in [4.69, 9.17) is 0 Å². The van der Waals surface area contributed by atoms with Crippen LogP contribution < -0.4 is 0 Å². The minimum absolute atomic E-state index is 0.0696. The predicted molar refractivity (Wildman–Crippen MR) is 94.6 cm³/mol. The van der Waals surface area contributed by atoms with Crippen molar-refractivity contribution in [2.24, 2.45) is 7.05 Å². The SMILES string of the molecule is Cc1sc2c(O)nc(-c3nccn3C)nc2c1-c1ccc(C=O)nc1. The first-order chi connectivity index (χ1) is 12.1. The fraction of sp³-hybridized carbons (Fsp3) is 0.118. The number of carbonyl (C=O) groups excluding carboxylic acids is 1. The summed E-state index contributed by atoms with van der Waals surface area (Å²) in [5.74, 6) is 0.857. The van der Waals surface area contributed by atoms with Gasteiger partial charge in [0, 0.05) is 41.6 Å². The summed E-state index contributed by atoms with van der Waals surface area (Å²) in [6, 6.07) is 3.48. The molecule has 0 radical (unpaired) electrons. The van der Waals surface area contributed by atoms with Gasteiger partial charge in [0.05, 0.1) is 5.52 Å². The third-order valence-corrected chi connectivity index (χ3v) is 5.00. The molecule has 1 N–H and O–H groups in total. The normalized spacial score (nSPS) is 11.1. The molecule has 4 heterocycles. The van der Waals surface area contributed by atoms with Crippen LogP contribution in [0.3, 0.4) is 0 Å². The molecule has 25 heavy (non-hydrogen) atoms. The van der Waals surface area contributed by atoms with Gasteiger partial charge in [0.2, 0.25) is 5.88 Å². The van der Waals surface area contributed by atoms with Gasteiger partial charge in [-0.15, -0.1) is 11.3 Å². The predicted octanol–water partition coefficient (Wildman–Crippen LogP) is 2.98. The molecule has 0 fully saturated rings. The Hall–Kier alpha value is -3.13. The van der Waals surface area contributed by atoms with Crippen molar-refractivity contribution in [3.05, 3.63) is 41.3 Å². The fourth-order valence-corrected chi connectivity index (χ4v) is 3.72. The quantitative estimate of drug-likeness (QED) is 0.570. The molecular formula is C17H13N5O2S. The van der Waals surface area contributed by atoms with E-state index in [1.807, 2.05) is 20.0 Å². The van der Waals surface area contributed by atoms with E-state index >= 15 is 0 Å². The smallest absolute Gasteiger partial charge is 0.233 e. The Morgan fingerprint density at radius 2 is 2.08 bits per heavy atom. The van der Waals surface area contributed by atoms with Gasteiger partial charge in [-0.2, -0.15) is 4.98 Å². The lowest BCUT2D eigenvalue weighted by atomic mass is 10.1. The number of nitrogens with zero attached hydrogens (tertiary/aromatic N) is 5. The molecule has 0 unspecified atom stereocenters. The molecule has 0 aromatic carbocycles. The first-order valence-electron chi connectivity index (χ1n) is 7.48. The fourth-order valence-electron chi connectivity index (χ4n) is 2.72. The molecule has 0 amide bonds. The van der Waals surface area contributed by atoms with Crippen molar-refractivity contribution < 1.29 is 9.90 Å². The summed E-state index contributed by atoms with van der Waals surface area (Å²) in [4.78, 5) is 29.0. The number of aryl methyl sites for hydroxylation is 2. The summed E-state index contributed by atoms with van der Waals surface area (Å²) < 4.78 is 2.41. The lowest BCUT2D eigenvalue weighted by Gasteiger charge is -2.04. The van der Waals surface area contributed by atoms with Gasteiger partial charge in [-0.25, -0.2) is 9.97 Å². The molecule has 0 aliphatic rings. The topological polar surface area (TPSA) is 93.8 Å². The number of fused-ring (bicyclic) bond motifs is 1. The summed E-state index contributed by atoms with van der Waals surface area (Å²) in [6.45, 7) is 1.95. The van der Waals surface area contributed by atoms with E-state index in [-0.39, 0.29) is 5.88 Å². The molecule has 124 valence electrons. The number of hydrogen-bond donors (Lipinski definition) is 1. The van der Waals surface area contributed by atoms with Crippen molar-refractivity contribution in [3.8, 4) is 28.7 Å². The molecule has 7 nitrogen and oxygen atoms in total. The molecule has 8 heteroatoms. The maximum absolute atomic E-state index is 10.8. The van der Waals surface area contributed by atoms with Crippen LogP contribution >= 0.6 is 11.3 Å². The average molecular weight is 351 g/mol. The van der Waals surface area contributed by atoms with Crippen LogP contribution in [0.5, 0.6) is 5.88 Å². The Labute approximate surface area is 146 Å². The Morgan fingerprint density at radius 1 is 1.24 bits per heavy atom. The molecule has 0 bridgehead atoms. The Morgan fingerprint density at radius 3 is 2.72 bits per heavy atom. The zero-order valence-electron chi connectivity index (χ0n) is 13.5. The monoisotopic (exact) mass is 351 g/mol. The standard InChI is InChI=1S/C17H13N5O2S/c1-9-12(10-3-4-11(8-23)19-7-10)13-14(25-9)17(24)21-15(20-13)16-18-5-6-22(16)2/h3-8H,1-2H3,(H,20,21,24). The van der Waals surface area contributed by atoms with Crippen LogP contribution in [0.25, 0.3) is 33.0 Å².